The van der Waals surface area contributed by atoms with Crippen molar-refractivity contribution in [3.05, 3.63) is 29.8 Å². The van der Waals surface area contributed by atoms with Crippen LogP contribution < -0.4 is 4.74 Å². The monoisotopic (exact) mass is 303 g/mol. The molecule has 1 saturated heterocycles. The average Bonchev–Trinajstić information content (AvgIpc) is 2.59. The van der Waals surface area contributed by atoms with E-state index in [1.807, 2.05) is 12.1 Å². The molecule has 3 nitrogen and oxygen atoms in total. The van der Waals surface area contributed by atoms with Crippen molar-refractivity contribution in [2.45, 2.75) is 57.1 Å². The van der Waals surface area contributed by atoms with Crippen molar-refractivity contribution in [3.63, 3.8) is 0 Å². The van der Waals surface area contributed by atoms with Crippen LogP contribution in [0.5, 0.6) is 5.75 Å². The summed E-state index contributed by atoms with van der Waals surface area (Å²) >= 11 is 0. The van der Waals surface area contributed by atoms with Gasteiger partial charge in [0.05, 0.1) is 12.7 Å². The first-order chi connectivity index (χ1) is 10.7. The molecule has 122 valence electrons. The summed E-state index contributed by atoms with van der Waals surface area (Å²) in [5, 5.41) is 11.0. The van der Waals surface area contributed by atoms with Crippen molar-refractivity contribution in [1.29, 1.82) is 0 Å². The first-order valence-electron chi connectivity index (χ1n) is 8.77. The minimum atomic E-state index is -0.392. The lowest BCUT2D eigenvalue weighted by molar-refractivity contribution is -0.0785. The minimum Gasteiger partial charge on any atom is -0.497 e. The predicted molar refractivity (Wildman–Crippen MR) is 89.0 cm³/mol. The molecule has 1 aromatic carbocycles. The number of hydrogen-bond acceptors (Lipinski definition) is 3. The molecule has 0 bridgehead atoms. The molecule has 0 spiro atoms. The summed E-state index contributed by atoms with van der Waals surface area (Å²) in [6.45, 7) is 3.00. The van der Waals surface area contributed by atoms with Crippen LogP contribution in [0, 0.1) is 5.92 Å². The van der Waals surface area contributed by atoms with E-state index in [0.717, 1.165) is 38.2 Å². The first kappa shape index (κ1) is 15.8. The van der Waals surface area contributed by atoms with E-state index in [1.165, 1.54) is 37.7 Å². The molecule has 1 aliphatic carbocycles. The summed E-state index contributed by atoms with van der Waals surface area (Å²) in [6.07, 6.45) is 8.31. The van der Waals surface area contributed by atoms with E-state index in [9.17, 15) is 5.11 Å². The van der Waals surface area contributed by atoms with Gasteiger partial charge in [0.1, 0.15) is 5.75 Å². The molecule has 0 amide bonds. The second kappa shape index (κ2) is 7.01. The van der Waals surface area contributed by atoms with E-state index in [2.05, 4.69) is 17.0 Å². The van der Waals surface area contributed by atoms with E-state index in [-0.39, 0.29) is 0 Å². The first-order valence-corrected chi connectivity index (χ1v) is 8.77. The zero-order valence-electron chi connectivity index (χ0n) is 13.8. The molecule has 0 radical (unpaired) electrons. The van der Waals surface area contributed by atoms with Gasteiger partial charge >= 0.3 is 0 Å². The molecule has 1 heterocycles. The minimum absolute atomic E-state index is 0.392. The third-order valence-corrected chi connectivity index (χ3v) is 5.65. The molecule has 1 aliphatic heterocycles. The molecule has 2 fully saturated rings. The van der Waals surface area contributed by atoms with Crippen LogP contribution in [0.25, 0.3) is 0 Å². The van der Waals surface area contributed by atoms with Crippen LogP contribution in [-0.4, -0.2) is 35.8 Å². The Labute approximate surface area is 134 Å². The Kier molecular flexibility index (Phi) is 5.04. The number of likely N-dealkylation sites (tertiary alicyclic amines) is 1. The normalized spacial score (nSPS) is 23.4. The third kappa shape index (κ3) is 3.64. The maximum Gasteiger partial charge on any atom is 0.118 e. The highest BCUT2D eigenvalue weighted by atomic mass is 16.5. The van der Waals surface area contributed by atoms with Crippen molar-refractivity contribution in [2.24, 2.45) is 5.92 Å². The van der Waals surface area contributed by atoms with Crippen molar-refractivity contribution in [2.75, 3.05) is 20.2 Å². The lowest BCUT2D eigenvalue weighted by Crippen LogP contribution is -2.49. The van der Waals surface area contributed by atoms with Crippen LogP contribution in [0.1, 0.15) is 50.5 Å². The topological polar surface area (TPSA) is 32.7 Å². The van der Waals surface area contributed by atoms with Crippen LogP contribution in [0.3, 0.4) is 0 Å². The molecule has 1 saturated carbocycles. The number of ether oxygens (including phenoxy) is 1. The van der Waals surface area contributed by atoms with Crippen molar-refractivity contribution in [1.82, 2.24) is 4.90 Å². The maximum absolute atomic E-state index is 11.0. The molecule has 0 aromatic heterocycles. The van der Waals surface area contributed by atoms with Gasteiger partial charge in [-0.2, -0.15) is 0 Å². The van der Waals surface area contributed by atoms with Crippen molar-refractivity contribution < 1.29 is 9.84 Å². The molecule has 22 heavy (non-hydrogen) atoms. The highest BCUT2D eigenvalue weighted by Gasteiger charge is 2.39. The Hall–Kier alpha value is -1.06. The van der Waals surface area contributed by atoms with E-state index in [1.54, 1.807) is 7.11 Å². The molecule has 3 heteroatoms. The number of nitrogens with zero attached hydrogens (tertiary/aromatic N) is 1. The lowest BCUT2D eigenvalue weighted by atomic mass is 9.72. The van der Waals surface area contributed by atoms with Crippen LogP contribution in [-0.2, 0) is 6.54 Å². The van der Waals surface area contributed by atoms with Crippen LogP contribution in [0.4, 0.5) is 0 Å². The third-order valence-electron chi connectivity index (χ3n) is 5.65. The van der Waals surface area contributed by atoms with Gasteiger partial charge in [0.25, 0.3) is 0 Å². The van der Waals surface area contributed by atoms with Crippen molar-refractivity contribution >= 4 is 0 Å². The second-order valence-corrected chi connectivity index (χ2v) is 7.06. The second-order valence-electron chi connectivity index (χ2n) is 7.06. The number of rotatable bonds is 4. The smallest absolute Gasteiger partial charge is 0.118 e. The summed E-state index contributed by atoms with van der Waals surface area (Å²) in [7, 11) is 1.70. The summed E-state index contributed by atoms with van der Waals surface area (Å²) < 4.78 is 5.21. The maximum atomic E-state index is 11.0. The fraction of sp³-hybridized carbons (Fsp3) is 0.684. The molecular weight excluding hydrogens is 274 g/mol. The van der Waals surface area contributed by atoms with Gasteiger partial charge in [-0.3, -0.25) is 4.90 Å². The number of hydrogen-bond donors (Lipinski definition) is 1. The molecule has 0 atom stereocenters. The zero-order chi connectivity index (χ0) is 15.4. The van der Waals surface area contributed by atoms with Gasteiger partial charge in [0, 0.05) is 19.6 Å². The molecule has 1 N–H and O–H groups in total. The summed E-state index contributed by atoms with van der Waals surface area (Å²) in [5.74, 6) is 1.46. The number of methoxy groups -OCH3 is 1. The van der Waals surface area contributed by atoms with E-state index in [4.69, 9.17) is 4.74 Å². The van der Waals surface area contributed by atoms with Gasteiger partial charge in [-0.25, -0.2) is 0 Å². The summed E-state index contributed by atoms with van der Waals surface area (Å²) in [5.41, 5.74) is 0.931. The molecule has 2 aliphatic rings. The predicted octanol–water partition coefficient (Wildman–Crippen LogP) is 3.60. The van der Waals surface area contributed by atoms with Crippen LogP contribution in [0.2, 0.25) is 0 Å². The van der Waals surface area contributed by atoms with Gasteiger partial charge in [-0.1, -0.05) is 31.4 Å². The molecule has 0 unspecified atom stereocenters. The van der Waals surface area contributed by atoms with E-state index in [0.29, 0.717) is 5.92 Å². The fourth-order valence-electron chi connectivity index (χ4n) is 4.14. The lowest BCUT2D eigenvalue weighted by Gasteiger charge is -2.44. The van der Waals surface area contributed by atoms with Crippen LogP contribution >= 0.6 is 0 Å². The number of benzene rings is 1. The van der Waals surface area contributed by atoms with Gasteiger partial charge in [0.15, 0.2) is 0 Å². The molecule has 3 rings (SSSR count). The summed E-state index contributed by atoms with van der Waals surface area (Å²) in [6, 6.07) is 8.33. The molecule has 1 aromatic rings. The van der Waals surface area contributed by atoms with Gasteiger partial charge in [-0.05, 0) is 49.3 Å². The quantitative estimate of drug-likeness (QED) is 0.922. The number of aliphatic hydroxyl groups is 1. The van der Waals surface area contributed by atoms with E-state index >= 15 is 0 Å². The Balaban J connectivity index is 1.52. The van der Waals surface area contributed by atoms with Crippen LogP contribution in [0.15, 0.2) is 24.3 Å². The largest absolute Gasteiger partial charge is 0.497 e. The number of piperidine rings is 1. The standard InChI is InChI=1S/C19H29NO2/c1-22-18-9-7-16(8-10-18)15-20-13-11-19(21,12-14-20)17-5-3-2-4-6-17/h7-10,17,21H,2-6,11-15H2,1H3. The van der Waals surface area contributed by atoms with Crippen molar-refractivity contribution in [3.8, 4) is 5.75 Å². The Morgan fingerprint density at radius 1 is 1.09 bits per heavy atom. The summed E-state index contributed by atoms with van der Waals surface area (Å²) in [4.78, 5) is 2.47. The SMILES string of the molecule is COc1ccc(CN2CCC(O)(C3CCCCC3)CC2)cc1. The van der Waals surface area contributed by atoms with Gasteiger partial charge in [-0.15, -0.1) is 0 Å². The Morgan fingerprint density at radius 2 is 1.73 bits per heavy atom. The zero-order valence-corrected chi connectivity index (χ0v) is 13.8. The highest BCUT2D eigenvalue weighted by molar-refractivity contribution is 5.27. The van der Waals surface area contributed by atoms with Gasteiger partial charge in [0.2, 0.25) is 0 Å². The Morgan fingerprint density at radius 3 is 2.32 bits per heavy atom. The fourth-order valence-corrected chi connectivity index (χ4v) is 4.14. The Bertz CT molecular complexity index is 457. The molecular formula is C19H29NO2. The highest BCUT2D eigenvalue weighted by Crippen LogP contribution is 2.39. The average molecular weight is 303 g/mol. The van der Waals surface area contributed by atoms with Gasteiger partial charge < -0.3 is 9.84 Å². The van der Waals surface area contributed by atoms with E-state index < -0.39 is 5.60 Å².